The first kappa shape index (κ1) is 13.4. The van der Waals surface area contributed by atoms with Crippen molar-refractivity contribution >= 4 is 17.7 Å². The molecule has 96 valence electrons. The van der Waals surface area contributed by atoms with Gasteiger partial charge in [-0.25, -0.2) is 0 Å². The van der Waals surface area contributed by atoms with E-state index in [1.807, 2.05) is 0 Å². The SMILES string of the molecule is CC(=O)N1CCN(CC(N)=O)C[C@H](C(N)=O)C1. The topological polar surface area (TPSA) is 110 Å². The minimum Gasteiger partial charge on any atom is -0.369 e. The Kier molecular flexibility index (Phi) is 4.45. The lowest BCUT2D eigenvalue weighted by Crippen LogP contribution is -2.41. The Hall–Kier alpha value is -1.63. The molecule has 0 spiro atoms. The maximum Gasteiger partial charge on any atom is 0.231 e. The highest BCUT2D eigenvalue weighted by molar-refractivity contribution is 5.79. The van der Waals surface area contributed by atoms with Crippen molar-refractivity contribution in [2.24, 2.45) is 17.4 Å². The van der Waals surface area contributed by atoms with Gasteiger partial charge in [0.2, 0.25) is 17.7 Å². The molecule has 0 radical (unpaired) electrons. The zero-order chi connectivity index (χ0) is 13.0. The summed E-state index contributed by atoms with van der Waals surface area (Å²) in [4.78, 5) is 36.7. The molecule has 0 aromatic carbocycles. The molecule has 1 heterocycles. The van der Waals surface area contributed by atoms with E-state index in [1.165, 1.54) is 6.92 Å². The molecule has 1 aliphatic rings. The third-order valence-electron chi connectivity index (χ3n) is 2.83. The Labute approximate surface area is 99.7 Å². The number of carbonyl (C=O) groups excluding carboxylic acids is 3. The predicted octanol–water partition coefficient (Wildman–Crippen LogP) is -2.26. The van der Waals surface area contributed by atoms with Crippen LogP contribution in [0.4, 0.5) is 0 Å². The summed E-state index contributed by atoms with van der Waals surface area (Å²) >= 11 is 0. The summed E-state index contributed by atoms with van der Waals surface area (Å²) in [7, 11) is 0. The van der Waals surface area contributed by atoms with Crippen LogP contribution in [0, 0.1) is 5.92 Å². The van der Waals surface area contributed by atoms with Crippen molar-refractivity contribution < 1.29 is 14.4 Å². The fraction of sp³-hybridized carbons (Fsp3) is 0.700. The summed E-state index contributed by atoms with van der Waals surface area (Å²) in [6.45, 7) is 3.19. The number of nitrogens with zero attached hydrogens (tertiary/aromatic N) is 2. The van der Waals surface area contributed by atoms with Crippen LogP contribution in [0.3, 0.4) is 0 Å². The second-order valence-corrected chi connectivity index (χ2v) is 4.27. The first-order valence-electron chi connectivity index (χ1n) is 5.45. The number of nitrogens with two attached hydrogens (primary N) is 2. The third kappa shape index (κ3) is 4.03. The molecule has 4 N–H and O–H groups in total. The van der Waals surface area contributed by atoms with Gasteiger partial charge in [-0.2, -0.15) is 0 Å². The van der Waals surface area contributed by atoms with Crippen LogP contribution in [0.15, 0.2) is 0 Å². The molecular weight excluding hydrogens is 224 g/mol. The summed E-state index contributed by atoms with van der Waals surface area (Å²) in [5, 5.41) is 0. The van der Waals surface area contributed by atoms with E-state index >= 15 is 0 Å². The van der Waals surface area contributed by atoms with Crippen LogP contribution in [0.1, 0.15) is 6.92 Å². The lowest BCUT2D eigenvalue weighted by atomic mass is 10.1. The van der Waals surface area contributed by atoms with Crippen molar-refractivity contribution in [2.45, 2.75) is 6.92 Å². The zero-order valence-corrected chi connectivity index (χ0v) is 9.89. The van der Waals surface area contributed by atoms with E-state index in [2.05, 4.69) is 0 Å². The minimum atomic E-state index is -0.465. The maximum atomic E-state index is 11.3. The highest BCUT2D eigenvalue weighted by Gasteiger charge is 2.27. The highest BCUT2D eigenvalue weighted by atomic mass is 16.2. The van der Waals surface area contributed by atoms with Crippen LogP contribution >= 0.6 is 0 Å². The van der Waals surface area contributed by atoms with Crippen molar-refractivity contribution in [1.29, 1.82) is 0 Å². The normalized spacial score (nSPS) is 21.9. The zero-order valence-electron chi connectivity index (χ0n) is 9.89. The molecule has 0 bridgehead atoms. The van der Waals surface area contributed by atoms with Gasteiger partial charge in [0.05, 0.1) is 12.5 Å². The number of amides is 3. The molecule has 0 aromatic rings. The van der Waals surface area contributed by atoms with Gasteiger partial charge in [0.1, 0.15) is 0 Å². The second-order valence-electron chi connectivity index (χ2n) is 4.27. The molecule has 0 aromatic heterocycles. The van der Waals surface area contributed by atoms with Crippen molar-refractivity contribution in [1.82, 2.24) is 9.80 Å². The standard InChI is InChI=1S/C10H18N4O3/c1-7(15)14-3-2-13(6-9(11)16)4-8(5-14)10(12)17/h8H,2-6H2,1H3,(H2,11,16)(H2,12,17)/t8-/m0/s1. The average Bonchev–Trinajstić information content (AvgIpc) is 2.39. The van der Waals surface area contributed by atoms with E-state index in [4.69, 9.17) is 11.5 Å². The Morgan fingerprint density at radius 2 is 1.82 bits per heavy atom. The molecule has 7 nitrogen and oxygen atoms in total. The van der Waals surface area contributed by atoms with Crippen LogP contribution in [-0.2, 0) is 14.4 Å². The molecule has 0 unspecified atom stereocenters. The quantitative estimate of drug-likeness (QED) is 0.582. The first-order valence-corrected chi connectivity index (χ1v) is 5.45. The molecule has 1 fully saturated rings. The summed E-state index contributed by atoms with van der Waals surface area (Å²) in [6.07, 6.45) is 0. The summed E-state index contributed by atoms with van der Waals surface area (Å²) in [6, 6.07) is 0. The van der Waals surface area contributed by atoms with E-state index in [1.54, 1.807) is 9.80 Å². The average molecular weight is 242 g/mol. The van der Waals surface area contributed by atoms with Gasteiger partial charge >= 0.3 is 0 Å². The molecule has 0 saturated carbocycles. The molecule has 7 heteroatoms. The molecule has 17 heavy (non-hydrogen) atoms. The largest absolute Gasteiger partial charge is 0.369 e. The van der Waals surface area contributed by atoms with Gasteiger partial charge in [-0.1, -0.05) is 0 Å². The number of hydrogen-bond acceptors (Lipinski definition) is 4. The Morgan fingerprint density at radius 1 is 1.18 bits per heavy atom. The van der Waals surface area contributed by atoms with Crippen LogP contribution in [0.2, 0.25) is 0 Å². The number of primary amides is 2. The van der Waals surface area contributed by atoms with Gasteiger partial charge < -0.3 is 16.4 Å². The summed E-state index contributed by atoms with van der Waals surface area (Å²) in [5.74, 6) is -1.48. The number of rotatable bonds is 3. The van der Waals surface area contributed by atoms with Gasteiger partial charge in [-0.3, -0.25) is 19.3 Å². The van der Waals surface area contributed by atoms with Crippen LogP contribution in [-0.4, -0.2) is 60.2 Å². The van der Waals surface area contributed by atoms with Crippen LogP contribution < -0.4 is 11.5 Å². The van der Waals surface area contributed by atoms with Gasteiger partial charge in [0.15, 0.2) is 0 Å². The fourth-order valence-electron chi connectivity index (χ4n) is 1.91. The number of hydrogen-bond donors (Lipinski definition) is 2. The molecule has 3 amide bonds. The second kappa shape index (κ2) is 5.62. The van der Waals surface area contributed by atoms with Crippen molar-refractivity contribution in [2.75, 3.05) is 32.7 Å². The Morgan fingerprint density at radius 3 is 2.29 bits per heavy atom. The molecular formula is C10H18N4O3. The van der Waals surface area contributed by atoms with Crippen LogP contribution in [0.5, 0.6) is 0 Å². The molecule has 1 saturated heterocycles. The molecule has 1 atom stereocenters. The monoisotopic (exact) mass is 242 g/mol. The predicted molar refractivity (Wildman–Crippen MR) is 60.6 cm³/mol. The van der Waals surface area contributed by atoms with Crippen LogP contribution in [0.25, 0.3) is 0 Å². The smallest absolute Gasteiger partial charge is 0.231 e. The van der Waals surface area contributed by atoms with E-state index in [0.717, 1.165) is 0 Å². The van der Waals surface area contributed by atoms with E-state index < -0.39 is 17.7 Å². The summed E-state index contributed by atoms with van der Waals surface area (Å²) < 4.78 is 0. The van der Waals surface area contributed by atoms with Gasteiger partial charge in [-0.05, 0) is 0 Å². The molecule has 1 aliphatic heterocycles. The first-order chi connectivity index (χ1) is 7.90. The number of carbonyl (C=O) groups is 3. The minimum absolute atomic E-state index is 0.0789. The Bertz CT molecular complexity index is 332. The van der Waals surface area contributed by atoms with Gasteiger partial charge in [0.25, 0.3) is 0 Å². The molecule has 0 aliphatic carbocycles. The summed E-state index contributed by atoms with van der Waals surface area (Å²) in [5.41, 5.74) is 10.4. The lowest BCUT2D eigenvalue weighted by molar-refractivity contribution is -0.130. The van der Waals surface area contributed by atoms with Gasteiger partial charge in [0, 0.05) is 33.1 Å². The maximum absolute atomic E-state index is 11.3. The van der Waals surface area contributed by atoms with E-state index in [9.17, 15) is 14.4 Å². The van der Waals surface area contributed by atoms with E-state index in [-0.39, 0.29) is 12.5 Å². The van der Waals surface area contributed by atoms with Crippen molar-refractivity contribution in [3.05, 3.63) is 0 Å². The van der Waals surface area contributed by atoms with E-state index in [0.29, 0.717) is 26.2 Å². The fourth-order valence-corrected chi connectivity index (χ4v) is 1.91. The van der Waals surface area contributed by atoms with Gasteiger partial charge in [-0.15, -0.1) is 0 Å². The lowest BCUT2D eigenvalue weighted by Gasteiger charge is -2.20. The third-order valence-corrected chi connectivity index (χ3v) is 2.83. The Balaban J connectivity index is 2.73. The highest BCUT2D eigenvalue weighted by Crippen LogP contribution is 2.09. The molecule has 1 rings (SSSR count). The van der Waals surface area contributed by atoms with Crippen molar-refractivity contribution in [3.8, 4) is 0 Å². The van der Waals surface area contributed by atoms with Crippen molar-refractivity contribution in [3.63, 3.8) is 0 Å².